The second-order valence-electron chi connectivity index (χ2n) is 5.21. The van der Waals surface area contributed by atoms with Gasteiger partial charge >= 0.3 is 0 Å². The van der Waals surface area contributed by atoms with Gasteiger partial charge in [-0.1, -0.05) is 24.3 Å². The first-order valence-electron chi connectivity index (χ1n) is 6.93. The maximum atomic E-state index is 11.2. The van der Waals surface area contributed by atoms with Crippen molar-refractivity contribution < 1.29 is 4.92 Å². The average molecular weight is 394 g/mol. The molecule has 1 atom stereocenters. The Balaban J connectivity index is 1.93. The van der Waals surface area contributed by atoms with Gasteiger partial charge in [0, 0.05) is 9.64 Å². The smallest absolute Gasteiger partial charge is 0.293 e. The van der Waals surface area contributed by atoms with Crippen molar-refractivity contribution in [3.63, 3.8) is 0 Å². The second kappa shape index (κ2) is 6.01. The van der Waals surface area contributed by atoms with Crippen LogP contribution in [0.5, 0.6) is 0 Å². The van der Waals surface area contributed by atoms with E-state index in [1.54, 1.807) is 12.1 Å². The van der Waals surface area contributed by atoms with Crippen LogP contribution >= 0.6 is 22.6 Å². The predicted octanol–water partition coefficient (Wildman–Crippen LogP) is 4.69. The molecule has 0 heterocycles. The molecule has 0 aromatic heterocycles. The maximum Gasteiger partial charge on any atom is 0.293 e. The van der Waals surface area contributed by atoms with Gasteiger partial charge in [-0.25, -0.2) is 0 Å². The molecule has 0 aliphatic heterocycles. The number of anilines is 1. The highest BCUT2D eigenvalue weighted by Crippen LogP contribution is 2.35. The second-order valence-corrected chi connectivity index (χ2v) is 6.45. The highest BCUT2D eigenvalue weighted by atomic mass is 127. The fraction of sp³-hybridized carbons (Fsp3) is 0.250. The Hall–Kier alpha value is -1.63. The Morgan fingerprint density at radius 2 is 2.05 bits per heavy atom. The van der Waals surface area contributed by atoms with Crippen LogP contribution < -0.4 is 5.32 Å². The van der Waals surface area contributed by atoms with Crippen molar-refractivity contribution >= 4 is 34.0 Å². The molecule has 0 saturated heterocycles. The third-order valence-electron chi connectivity index (χ3n) is 3.86. The molecule has 2 aromatic carbocycles. The van der Waals surface area contributed by atoms with Gasteiger partial charge in [-0.2, -0.15) is 0 Å². The van der Waals surface area contributed by atoms with Gasteiger partial charge in [0.05, 0.1) is 11.0 Å². The van der Waals surface area contributed by atoms with Crippen LogP contribution in [-0.2, 0) is 6.42 Å². The third kappa shape index (κ3) is 3.02. The summed E-state index contributed by atoms with van der Waals surface area (Å²) in [6.45, 7) is 0. The monoisotopic (exact) mass is 394 g/mol. The number of hydrogen-bond donors (Lipinski definition) is 1. The molecule has 108 valence electrons. The molecule has 1 unspecified atom stereocenters. The largest absolute Gasteiger partial charge is 0.373 e. The lowest BCUT2D eigenvalue weighted by atomic mass is 9.87. The molecule has 5 heteroatoms. The van der Waals surface area contributed by atoms with E-state index in [0.717, 1.165) is 22.8 Å². The number of rotatable bonds is 3. The number of aryl methyl sites for hydroxylation is 1. The zero-order chi connectivity index (χ0) is 14.8. The molecule has 0 fully saturated rings. The van der Waals surface area contributed by atoms with Crippen LogP contribution in [-0.4, -0.2) is 4.92 Å². The number of hydrogen-bond acceptors (Lipinski definition) is 3. The van der Waals surface area contributed by atoms with E-state index in [1.165, 1.54) is 11.1 Å². The van der Waals surface area contributed by atoms with Crippen LogP contribution in [0, 0.1) is 13.7 Å². The Morgan fingerprint density at radius 3 is 2.86 bits per heavy atom. The molecule has 1 N–H and O–H groups in total. The SMILES string of the molecule is O=[N+]([O-])c1cc(I)ccc1NC1CCCc2ccccc21. The maximum absolute atomic E-state index is 11.2. The van der Waals surface area contributed by atoms with Crippen molar-refractivity contribution in [3.05, 3.63) is 67.3 Å². The molecule has 1 aliphatic carbocycles. The van der Waals surface area contributed by atoms with E-state index in [1.807, 2.05) is 12.1 Å². The van der Waals surface area contributed by atoms with E-state index in [-0.39, 0.29) is 16.7 Å². The predicted molar refractivity (Wildman–Crippen MR) is 91.6 cm³/mol. The van der Waals surface area contributed by atoms with Crippen molar-refractivity contribution in [1.82, 2.24) is 0 Å². The Labute approximate surface area is 136 Å². The van der Waals surface area contributed by atoms with Gasteiger partial charge in [0.15, 0.2) is 0 Å². The average Bonchev–Trinajstić information content (AvgIpc) is 2.49. The Bertz CT molecular complexity index is 688. The van der Waals surface area contributed by atoms with Crippen molar-refractivity contribution in [3.8, 4) is 0 Å². The van der Waals surface area contributed by atoms with E-state index < -0.39 is 0 Å². The van der Waals surface area contributed by atoms with E-state index in [4.69, 9.17) is 0 Å². The van der Waals surface area contributed by atoms with Crippen LogP contribution in [0.1, 0.15) is 30.0 Å². The summed E-state index contributed by atoms with van der Waals surface area (Å²) in [5.74, 6) is 0. The summed E-state index contributed by atoms with van der Waals surface area (Å²) in [5, 5.41) is 14.6. The lowest BCUT2D eigenvalue weighted by Gasteiger charge is -2.27. The van der Waals surface area contributed by atoms with Crippen molar-refractivity contribution in [2.24, 2.45) is 0 Å². The first-order chi connectivity index (χ1) is 10.1. The van der Waals surface area contributed by atoms with Crippen molar-refractivity contribution in [1.29, 1.82) is 0 Å². The van der Waals surface area contributed by atoms with Gasteiger partial charge in [-0.05, 0) is 65.1 Å². The molecular formula is C16H15IN2O2. The van der Waals surface area contributed by atoms with Gasteiger partial charge in [-0.15, -0.1) is 0 Å². The van der Waals surface area contributed by atoms with Crippen molar-refractivity contribution in [2.45, 2.75) is 25.3 Å². The van der Waals surface area contributed by atoms with Crippen LogP contribution in [0.2, 0.25) is 0 Å². The summed E-state index contributed by atoms with van der Waals surface area (Å²) in [4.78, 5) is 10.9. The first-order valence-corrected chi connectivity index (χ1v) is 8.01. The summed E-state index contributed by atoms with van der Waals surface area (Å²) in [5.41, 5.74) is 3.35. The number of nitro benzene ring substituents is 1. The molecule has 0 bridgehead atoms. The standard InChI is InChI=1S/C16H15IN2O2/c17-12-8-9-15(16(10-12)19(20)21)18-14-7-3-5-11-4-1-2-6-13(11)14/h1-2,4,6,8-10,14,18H,3,5,7H2. The molecule has 0 amide bonds. The third-order valence-corrected chi connectivity index (χ3v) is 4.53. The number of nitro groups is 1. The lowest BCUT2D eigenvalue weighted by molar-refractivity contribution is -0.384. The quantitative estimate of drug-likeness (QED) is 0.467. The highest BCUT2D eigenvalue weighted by molar-refractivity contribution is 14.1. The topological polar surface area (TPSA) is 55.2 Å². The molecule has 2 aromatic rings. The fourth-order valence-electron chi connectivity index (χ4n) is 2.87. The van der Waals surface area contributed by atoms with Crippen LogP contribution in [0.4, 0.5) is 11.4 Å². The van der Waals surface area contributed by atoms with Gasteiger partial charge in [0.25, 0.3) is 5.69 Å². The van der Waals surface area contributed by atoms with Gasteiger partial charge < -0.3 is 5.32 Å². The number of nitrogens with zero attached hydrogens (tertiary/aromatic N) is 1. The molecule has 0 spiro atoms. The summed E-state index contributed by atoms with van der Waals surface area (Å²) in [6.07, 6.45) is 3.19. The molecular weight excluding hydrogens is 379 g/mol. The minimum absolute atomic E-state index is 0.143. The summed E-state index contributed by atoms with van der Waals surface area (Å²) >= 11 is 2.09. The van der Waals surface area contributed by atoms with Gasteiger partial charge in [-0.3, -0.25) is 10.1 Å². The first kappa shape index (κ1) is 14.3. The Kier molecular flexibility index (Phi) is 4.10. The van der Waals surface area contributed by atoms with Gasteiger partial charge in [0.1, 0.15) is 5.69 Å². The summed E-state index contributed by atoms with van der Waals surface area (Å²) in [6, 6.07) is 13.8. The number of fused-ring (bicyclic) bond motifs is 1. The summed E-state index contributed by atoms with van der Waals surface area (Å²) < 4.78 is 0.869. The van der Waals surface area contributed by atoms with Crippen molar-refractivity contribution in [2.75, 3.05) is 5.32 Å². The molecule has 4 nitrogen and oxygen atoms in total. The van der Waals surface area contributed by atoms with E-state index in [2.05, 4.69) is 46.1 Å². The number of halogens is 1. The van der Waals surface area contributed by atoms with Crippen LogP contribution in [0.3, 0.4) is 0 Å². The van der Waals surface area contributed by atoms with E-state index >= 15 is 0 Å². The molecule has 0 saturated carbocycles. The minimum Gasteiger partial charge on any atom is -0.373 e. The van der Waals surface area contributed by atoms with E-state index in [9.17, 15) is 10.1 Å². The minimum atomic E-state index is -0.320. The molecule has 3 rings (SSSR count). The van der Waals surface area contributed by atoms with Crippen LogP contribution in [0.15, 0.2) is 42.5 Å². The highest BCUT2D eigenvalue weighted by Gasteiger charge is 2.22. The van der Waals surface area contributed by atoms with Gasteiger partial charge in [0.2, 0.25) is 0 Å². The zero-order valence-electron chi connectivity index (χ0n) is 11.4. The normalized spacial score (nSPS) is 17.1. The number of nitrogens with one attached hydrogen (secondary N) is 1. The molecule has 0 radical (unpaired) electrons. The zero-order valence-corrected chi connectivity index (χ0v) is 13.5. The summed E-state index contributed by atoms with van der Waals surface area (Å²) in [7, 11) is 0. The van der Waals surface area contributed by atoms with Crippen LogP contribution in [0.25, 0.3) is 0 Å². The lowest BCUT2D eigenvalue weighted by Crippen LogP contribution is -2.17. The number of benzene rings is 2. The fourth-order valence-corrected chi connectivity index (χ4v) is 3.34. The Morgan fingerprint density at radius 1 is 1.24 bits per heavy atom. The molecule has 21 heavy (non-hydrogen) atoms. The molecule has 1 aliphatic rings. The van der Waals surface area contributed by atoms with E-state index in [0.29, 0.717) is 5.69 Å².